The van der Waals surface area contributed by atoms with Crippen LogP contribution in [-0.2, 0) is 19.1 Å². The van der Waals surface area contributed by atoms with Gasteiger partial charge >= 0.3 is 11.9 Å². The highest BCUT2D eigenvalue weighted by atomic mass is 16.5. The van der Waals surface area contributed by atoms with Crippen molar-refractivity contribution in [2.75, 3.05) is 13.2 Å². The highest BCUT2D eigenvalue weighted by Gasteiger charge is 2.06. The van der Waals surface area contributed by atoms with Gasteiger partial charge in [0, 0.05) is 12.8 Å². The lowest BCUT2D eigenvalue weighted by Crippen LogP contribution is -2.08. The third-order valence-electron chi connectivity index (χ3n) is 5.73. The van der Waals surface area contributed by atoms with E-state index in [-0.39, 0.29) is 11.9 Å². The first kappa shape index (κ1) is 29.9. The Bertz CT molecular complexity index is 406. The van der Waals surface area contributed by atoms with Gasteiger partial charge in [0.2, 0.25) is 0 Å². The van der Waals surface area contributed by atoms with Gasteiger partial charge in [0.05, 0.1) is 13.2 Å². The number of esters is 2. The molecule has 0 atom stereocenters. The Morgan fingerprint density at radius 2 is 0.935 bits per heavy atom. The lowest BCUT2D eigenvalue weighted by molar-refractivity contribution is -0.146. The van der Waals surface area contributed by atoms with Crippen molar-refractivity contribution in [1.29, 1.82) is 0 Å². The van der Waals surface area contributed by atoms with Crippen LogP contribution in [0.25, 0.3) is 0 Å². The van der Waals surface area contributed by atoms with Crippen LogP contribution in [0, 0.1) is 5.92 Å². The number of hydrogen-bond donors (Lipinski definition) is 0. The Labute approximate surface area is 193 Å². The largest absolute Gasteiger partial charge is 0.466 e. The van der Waals surface area contributed by atoms with Crippen molar-refractivity contribution in [3.8, 4) is 0 Å². The van der Waals surface area contributed by atoms with Crippen molar-refractivity contribution in [2.24, 2.45) is 5.92 Å². The molecule has 0 aromatic carbocycles. The summed E-state index contributed by atoms with van der Waals surface area (Å²) in [6.07, 6.45) is 21.6. The minimum atomic E-state index is -0.156. The molecule has 184 valence electrons. The van der Waals surface area contributed by atoms with Gasteiger partial charge in [0.1, 0.15) is 0 Å². The standard InChI is InChI=1S/C27H52O4/c1-4-5-6-7-8-9-10-11-12-13-14-15-16-19-23-30-26(28)20-17-18-21-27(29)31-24-22-25(2)3/h25H,4-24H2,1-3H3. The molecular weight excluding hydrogens is 388 g/mol. The zero-order valence-corrected chi connectivity index (χ0v) is 21.1. The van der Waals surface area contributed by atoms with Crippen LogP contribution in [0.2, 0.25) is 0 Å². The van der Waals surface area contributed by atoms with Crippen molar-refractivity contribution in [2.45, 2.75) is 143 Å². The van der Waals surface area contributed by atoms with Crippen molar-refractivity contribution < 1.29 is 19.1 Å². The van der Waals surface area contributed by atoms with Gasteiger partial charge in [-0.05, 0) is 31.6 Å². The molecule has 0 heterocycles. The molecule has 0 aromatic heterocycles. The van der Waals surface area contributed by atoms with E-state index in [2.05, 4.69) is 20.8 Å². The highest BCUT2D eigenvalue weighted by molar-refractivity contribution is 5.70. The van der Waals surface area contributed by atoms with Crippen LogP contribution >= 0.6 is 0 Å². The first-order valence-electron chi connectivity index (χ1n) is 13.4. The highest BCUT2D eigenvalue weighted by Crippen LogP contribution is 2.13. The van der Waals surface area contributed by atoms with E-state index < -0.39 is 0 Å². The Morgan fingerprint density at radius 3 is 1.35 bits per heavy atom. The van der Waals surface area contributed by atoms with Crippen LogP contribution in [0.4, 0.5) is 0 Å². The van der Waals surface area contributed by atoms with Gasteiger partial charge in [-0.15, -0.1) is 0 Å². The Morgan fingerprint density at radius 1 is 0.548 bits per heavy atom. The van der Waals surface area contributed by atoms with E-state index in [1.54, 1.807) is 0 Å². The van der Waals surface area contributed by atoms with Crippen LogP contribution in [0.3, 0.4) is 0 Å². The summed E-state index contributed by atoms with van der Waals surface area (Å²) in [5.41, 5.74) is 0. The maximum absolute atomic E-state index is 11.7. The monoisotopic (exact) mass is 440 g/mol. The second kappa shape index (κ2) is 23.6. The van der Waals surface area contributed by atoms with Crippen LogP contribution < -0.4 is 0 Å². The SMILES string of the molecule is CCCCCCCCCCCCCCCCOC(=O)CCCCC(=O)OCCC(C)C. The molecule has 0 fully saturated rings. The summed E-state index contributed by atoms with van der Waals surface area (Å²) in [4.78, 5) is 23.3. The number of unbranched alkanes of at least 4 members (excludes halogenated alkanes) is 14. The second-order valence-corrected chi connectivity index (χ2v) is 9.43. The lowest BCUT2D eigenvalue weighted by atomic mass is 10.0. The van der Waals surface area contributed by atoms with Crippen molar-refractivity contribution in [1.82, 2.24) is 0 Å². The summed E-state index contributed by atoms with van der Waals surface area (Å²) in [7, 11) is 0. The third-order valence-corrected chi connectivity index (χ3v) is 5.73. The maximum atomic E-state index is 11.7. The van der Waals surface area contributed by atoms with Gasteiger partial charge < -0.3 is 9.47 Å². The summed E-state index contributed by atoms with van der Waals surface area (Å²) < 4.78 is 10.5. The fourth-order valence-electron chi connectivity index (χ4n) is 3.57. The third kappa shape index (κ3) is 25.1. The average Bonchev–Trinajstić information content (AvgIpc) is 2.73. The molecule has 0 aliphatic rings. The summed E-state index contributed by atoms with van der Waals surface area (Å²) >= 11 is 0. The molecule has 31 heavy (non-hydrogen) atoms. The van der Waals surface area contributed by atoms with Gasteiger partial charge in [-0.1, -0.05) is 104 Å². The topological polar surface area (TPSA) is 52.6 Å². The first-order chi connectivity index (χ1) is 15.1. The molecule has 0 saturated heterocycles. The number of ether oxygens (including phenoxy) is 2. The van der Waals surface area contributed by atoms with E-state index in [9.17, 15) is 9.59 Å². The van der Waals surface area contributed by atoms with Crippen molar-refractivity contribution in [3.05, 3.63) is 0 Å². The smallest absolute Gasteiger partial charge is 0.305 e. The van der Waals surface area contributed by atoms with Gasteiger partial charge in [-0.25, -0.2) is 0 Å². The van der Waals surface area contributed by atoms with Gasteiger partial charge in [0.25, 0.3) is 0 Å². The minimum absolute atomic E-state index is 0.136. The number of rotatable bonds is 23. The maximum Gasteiger partial charge on any atom is 0.305 e. The van der Waals surface area contributed by atoms with E-state index in [1.165, 1.54) is 77.0 Å². The lowest BCUT2D eigenvalue weighted by Gasteiger charge is -2.07. The molecule has 0 aliphatic heterocycles. The van der Waals surface area contributed by atoms with Crippen LogP contribution in [0.15, 0.2) is 0 Å². The Balaban J connectivity index is 3.25. The predicted molar refractivity (Wildman–Crippen MR) is 130 cm³/mol. The molecule has 0 rings (SSSR count). The molecule has 4 heteroatoms. The molecule has 0 amide bonds. The molecule has 4 nitrogen and oxygen atoms in total. The summed E-state index contributed by atoms with van der Waals surface area (Å²) in [6.45, 7) is 7.52. The van der Waals surface area contributed by atoms with E-state index in [0.29, 0.717) is 44.8 Å². The van der Waals surface area contributed by atoms with Crippen LogP contribution in [-0.4, -0.2) is 25.2 Å². The van der Waals surface area contributed by atoms with Crippen LogP contribution in [0.5, 0.6) is 0 Å². The molecule has 0 bridgehead atoms. The number of carbonyl (C=O) groups is 2. The van der Waals surface area contributed by atoms with Crippen molar-refractivity contribution in [3.63, 3.8) is 0 Å². The predicted octanol–water partition coefficient (Wildman–Crippen LogP) is 8.16. The summed E-state index contributed by atoms with van der Waals surface area (Å²) in [5, 5.41) is 0. The van der Waals surface area contributed by atoms with Gasteiger partial charge in [0.15, 0.2) is 0 Å². The average molecular weight is 441 g/mol. The first-order valence-corrected chi connectivity index (χ1v) is 13.4. The van der Waals surface area contributed by atoms with Crippen LogP contribution in [0.1, 0.15) is 143 Å². The summed E-state index contributed by atoms with van der Waals surface area (Å²) in [5.74, 6) is 0.251. The van der Waals surface area contributed by atoms with Gasteiger partial charge in [-0.2, -0.15) is 0 Å². The normalized spacial score (nSPS) is 11.1. The molecule has 0 aliphatic carbocycles. The molecule has 0 spiro atoms. The second-order valence-electron chi connectivity index (χ2n) is 9.43. The fraction of sp³-hybridized carbons (Fsp3) is 0.926. The quantitative estimate of drug-likeness (QED) is 0.119. The van der Waals surface area contributed by atoms with E-state index in [0.717, 1.165) is 19.3 Å². The number of hydrogen-bond acceptors (Lipinski definition) is 4. The van der Waals surface area contributed by atoms with Gasteiger partial charge in [-0.3, -0.25) is 9.59 Å². The molecular formula is C27H52O4. The molecule has 0 aromatic rings. The minimum Gasteiger partial charge on any atom is -0.466 e. The van der Waals surface area contributed by atoms with E-state index in [4.69, 9.17) is 9.47 Å². The number of carbonyl (C=O) groups excluding carboxylic acids is 2. The molecule has 0 unspecified atom stereocenters. The molecule has 0 N–H and O–H groups in total. The summed E-state index contributed by atoms with van der Waals surface area (Å²) in [6, 6.07) is 0. The molecule has 0 saturated carbocycles. The van der Waals surface area contributed by atoms with E-state index in [1.807, 2.05) is 0 Å². The molecule has 0 radical (unpaired) electrons. The fourth-order valence-corrected chi connectivity index (χ4v) is 3.57. The zero-order valence-electron chi connectivity index (χ0n) is 21.1. The zero-order chi connectivity index (χ0) is 23.0. The van der Waals surface area contributed by atoms with Crippen molar-refractivity contribution >= 4 is 11.9 Å². The Kier molecular flexibility index (Phi) is 22.8. The Hall–Kier alpha value is -1.06. The van der Waals surface area contributed by atoms with E-state index >= 15 is 0 Å².